The molecule has 0 saturated carbocycles. The van der Waals surface area contributed by atoms with E-state index < -0.39 is 0 Å². The molecule has 1 aliphatic heterocycles. The smallest absolute Gasteiger partial charge is 0.135 e. The second-order valence-electron chi connectivity index (χ2n) is 6.49. The number of ether oxygens (including phenoxy) is 1. The molecule has 5 rings (SSSR count). The van der Waals surface area contributed by atoms with E-state index in [9.17, 15) is 0 Å². The molecule has 1 saturated heterocycles. The number of nitrogens with two attached hydrogens (primary N) is 1. The summed E-state index contributed by atoms with van der Waals surface area (Å²) in [6.07, 6.45) is 5.62. The van der Waals surface area contributed by atoms with Gasteiger partial charge in [0, 0.05) is 30.5 Å². The van der Waals surface area contributed by atoms with E-state index in [-0.39, 0.29) is 6.04 Å². The van der Waals surface area contributed by atoms with Gasteiger partial charge in [0.1, 0.15) is 11.3 Å². The fraction of sp³-hybridized carbons (Fsp3) is 0.278. The SMILES string of the molecule is Nc1nc2cc(-n3cccn3)ccc2c2nn(CC3COCCN3)cc12. The Bertz CT molecular complexity index is 1060. The molecular formula is C18H19N7O. The first kappa shape index (κ1) is 15.3. The predicted octanol–water partition coefficient (Wildman–Crippen LogP) is 1.34. The molecule has 4 aromatic rings. The van der Waals surface area contributed by atoms with Crippen LogP contribution in [0.2, 0.25) is 0 Å². The van der Waals surface area contributed by atoms with Gasteiger partial charge < -0.3 is 15.8 Å². The minimum atomic E-state index is 0.255. The average Bonchev–Trinajstić information content (AvgIpc) is 3.32. The van der Waals surface area contributed by atoms with Gasteiger partial charge in [0.05, 0.1) is 42.4 Å². The fourth-order valence-corrected chi connectivity index (χ4v) is 3.43. The molecule has 1 fully saturated rings. The van der Waals surface area contributed by atoms with Crippen molar-refractivity contribution in [3.8, 4) is 5.69 Å². The van der Waals surface area contributed by atoms with Gasteiger partial charge in [-0.15, -0.1) is 0 Å². The molecule has 4 heterocycles. The minimum Gasteiger partial charge on any atom is -0.383 e. The molecule has 0 aliphatic carbocycles. The molecule has 132 valence electrons. The van der Waals surface area contributed by atoms with E-state index in [1.54, 1.807) is 10.9 Å². The number of hydrogen-bond acceptors (Lipinski definition) is 6. The standard InChI is InChI=1S/C18H19N7O/c19-18-15-10-24(9-12-11-26-7-5-20-12)23-17(15)14-3-2-13(8-16(14)22-18)25-6-1-4-21-25/h1-4,6,8,10,12,20H,5,7,9,11H2,(H2,19,22). The number of pyridine rings is 1. The van der Waals surface area contributed by atoms with E-state index in [1.165, 1.54) is 0 Å². The normalized spacial score (nSPS) is 17.9. The topological polar surface area (TPSA) is 95.8 Å². The van der Waals surface area contributed by atoms with E-state index in [4.69, 9.17) is 15.6 Å². The Morgan fingerprint density at radius 1 is 1.31 bits per heavy atom. The van der Waals surface area contributed by atoms with Gasteiger partial charge in [0.15, 0.2) is 0 Å². The number of fused-ring (bicyclic) bond motifs is 3. The molecule has 0 amide bonds. The molecular weight excluding hydrogens is 330 g/mol. The second kappa shape index (κ2) is 6.08. The second-order valence-corrected chi connectivity index (χ2v) is 6.49. The van der Waals surface area contributed by atoms with Crippen LogP contribution in [-0.2, 0) is 11.3 Å². The number of nitrogen functional groups attached to an aromatic ring is 1. The van der Waals surface area contributed by atoms with E-state index in [0.717, 1.165) is 47.2 Å². The Kier molecular flexibility index (Phi) is 3.58. The lowest BCUT2D eigenvalue weighted by molar-refractivity contribution is 0.0703. The van der Waals surface area contributed by atoms with Crippen LogP contribution in [0, 0.1) is 0 Å². The fourth-order valence-electron chi connectivity index (χ4n) is 3.43. The summed E-state index contributed by atoms with van der Waals surface area (Å²) in [7, 11) is 0. The van der Waals surface area contributed by atoms with Crippen molar-refractivity contribution in [3.63, 3.8) is 0 Å². The number of aromatic nitrogens is 5. The molecule has 1 atom stereocenters. The van der Waals surface area contributed by atoms with Crippen molar-refractivity contribution in [2.45, 2.75) is 12.6 Å². The Labute approximate surface area is 149 Å². The first-order chi connectivity index (χ1) is 12.8. The van der Waals surface area contributed by atoms with Crippen molar-refractivity contribution < 1.29 is 4.74 Å². The van der Waals surface area contributed by atoms with Gasteiger partial charge >= 0.3 is 0 Å². The van der Waals surface area contributed by atoms with Crippen LogP contribution >= 0.6 is 0 Å². The van der Waals surface area contributed by atoms with Crippen LogP contribution in [0.5, 0.6) is 0 Å². The number of nitrogens with one attached hydrogen (secondary N) is 1. The zero-order chi connectivity index (χ0) is 17.5. The first-order valence-electron chi connectivity index (χ1n) is 8.65. The third-order valence-corrected chi connectivity index (χ3v) is 4.69. The predicted molar refractivity (Wildman–Crippen MR) is 99.2 cm³/mol. The lowest BCUT2D eigenvalue weighted by Gasteiger charge is -2.23. The Balaban J connectivity index is 1.58. The highest BCUT2D eigenvalue weighted by molar-refractivity contribution is 6.07. The molecule has 8 nitrogen and oxygen atoms in total. The lowest BCUT2D eigenvalue weighted by atomic mass is 10.1. The van der Waals surface area contributed by atoms with E-state index in [1.807, 2.05) is 41.3 Å². The number of nitrogens with zero attached hydrogens (tertiary/aromatic N) is 5. The van der Waals surface area contributed by atoms with Crippen LogP contribution in [0.1, 0.15) is 0 Å². The highest BCUT2D eigenvalue weighted by Gasteiger charge is 2.16. The number of anilines is 1. The highest BCUT2D eigenvalue weighted by atomic mass is 16.5. The van der Waals surface area contributed by atoms with Crippen LogP contribution < -0.4 is 11.1 Å². The van der Waals surface area contributed by atoms with Gasteiger partial charge in [-0.3, -0.25) is 4.68 Å². The summed E-state index contributed by atoms with van der Waals surface area (Å²) >= 11 is 0. The van der Waals surface area contributed by atoms with Crippen molar-refractivity contribution in [1.29, 1.82) is 0 Å². The van der Waals surface area contributed by atoms with Crippen LogP contribution in [-0.4, -0.2) is 50.3 Å². The van der Waals surface area contributed by atoms with Gasteiger partial charge in [-0.25, -0.2) is 9.67 Å². The molecule has 1 unspecified atom stereocenters. The molecule has 8 heteroatoms. The number of rotatable bonds is 3. The summed E-state index contributed by atoms with van der Waals surface area (Å²) in [5.74, 6) is 0.490. The summed E-state index contributed by atoms with van der Waals surface area (Å²) in [6, 6.07) is 8.17. The maximum absolute atomic E-state index is 6.21. The third-order valence-electron chi connectivity index (χ3n) is 4.69. The van der Waals surface area contributed by atoms with Crippen LogP contribution in [0.4, 0.5) is 5.82 Å². The van der Waals surface area contributed by atoms with E-state index in [0.29, 0.717) is 12.4 Å². The van der Waals surface area contributed by atoms with Crippen LogP contribution in [0.3, 0.4) is 0 Å². The van der Waals surface area contributed by atoms with Crippen LogP contribution in [0.15, 0.2) is 42.9 Å². The Morgan fingerprint density at radius 3 is 3.08 bits per heavy atom. The van der Waals surface area contributed by atoms with Crippen LogP contribution in [0.25, 0.3) is 27.5 Å². The molecule has 1 aromatic carbocycles. The summed E-state index contributed by atoms with van der Waals surface area (Å²) in [4.78, 5) is 4.58. The lowest BCUT2D eigenvalue weighted by Crippen LogP contribution is -2.43. The van der Waals surface area contributed by atoms with Gasteiger partial charge in [-0.05, 0) is 24.3 Å². The van der Waals surface area contributed by atoms with E-state index in [2.05, 4.69) is 15.4 Å². The zero-order valence-corrected chi connectivity index (χ0v) is 14.2. The Hall–Kier alpha value is -2.97. The molecule has 3 N–H and O–H groups in total. The monoisotopic (exact) mass is 349 g/mol. The van der Waals surface area contributed by atoms with Gasteiger partial charge in [-0.2, -0.15) is 10.2 Å². The maximum atomic E-state index is 6.21. The number of benzene rings is 1. The van der Waals surface area contributed by atoms with Crippen molar-refractivity contribution in [2.75, 3.05) is 25.5 Å². The van der Waals surface area contributed by atoms with Crippen molar-refractivity contribution in [2.24, 2.45) is 0 Å². The zero-order valence-electron chi connectivity index (χ0n) is 14.2. The highest BCUT2D eigenvalue weighted by Crippen LogP contribution is 2.28. The summed E-state index contributed by atoms with van der Waals surface area (Å²) < 4.78 is 9.25. The Morgan fingerprint density at radius 2 is 2.27 bits per heavy atom. The molecule has 0 radical (unpaired) electrons. The summed E-state index contributed by atoms with van der Waals surface area (Å²) in [5.41, 5.74) is 8.84. The summed E-state index contributed by atoms with van der Waals surface area (Å²) in [6.45, 7) is 3.06. The molecule has 1 aliphatic rings. The van der Waals surface area contributed by atoms with Crippen molar-refractivity contribution in [3.05, 3.63) is 42.9 Å². The summed E-state index contributed by atoms with van der Waals surface area (Å²) in [5, 5.41) is 14.3. The molecule has 0 spiro atoms. The first-order valence-corrected chi connectivity index (χ1v) is 8.65. The van der Waals surface area contributed by atoms with Crippen molar-refractivity contribution in [1.82, 2.24) is 29.9 Å². The van der Waals surface area contributed by atoms with Gasteiger partial charge in [0.25, 0.3) is 0 Å². The third kappa shape index (κ3) is 2.59. The average molecular weight is 349 g/mol. The number of hydrogen-bond donors (Lipinski definition) is 2. The molecule has 3 aromatic heterocycles. The quantitative estimate of drug-likeness (QED) is 0.579. The van der Waals surface area contributed by atoms with E-state index >= 15 is 0 Å². The minimum absolute atomic E-state index is 0.255. The molecule has 26 heavy (non-hydrogen) atoms. The largest absolute Gasteiger partial charge is 0.383 e. The van der Waals surface area contributed by atoms with Gasteiger partial charge in [-0.1, -0.05) is 0 Å². The molecule has 0 bridgehead atoms. The number of morpholine rings is 1. The van der Waals surface area contributed by atoms with Crippen molar-refractivity contribution >= 4 is 27.6 Å². The van der Waals surface area contributed by atoms with Gasteiger partial charge in [0.2, 0.25) is 0 Å². The maximum Gasteiger partial charge on any atom is 0.135 e.